The monoisotopic (exact) mass is 357 g/mol. The minimum absolute atomic E-state index is 0.997. The number of piperazine rings is 1. The minimum atomic E-state index is 0.997. The predicted octanol–water partition coefficient (Wildman–Crippen LogP) is 3.33. The Bertz CT molecular complexity index is 548. The van der Waals surface area contributed by atoms with Gasteiger partial charge in [-0.05, 0) is 69.2 Å². The van der Waals surface area contributed by atoms with Crippen LogP contribution in [0.15, 0.2) is 24.3 Å². The molecule has 0 aromatic heterocycles. The highest BCUT2D eigenvalue weighted by Gasteiger charge is 2.29. The molecule has 0 amide bonds. The van der Waals surface area contributed by atoms with Crippen LogP contribution in [0.2, 0.25) is 0 Å². The molecule has 2 bridgehead atoms. The molecular formula is C22H35N3O. The van der Waals surface area contributed by atoms with Crippen molar-refractivity contribution in [2.75, 3.05) is 64.4 Å². The molecule has 0 atom stereocenters. The van der Waals surface area contributed by atoms with E-state index in [4.69, 9.17) is 4.74 Å². The number of nitrogens with zero attached hydrogens (tertiary/aromatic N) is 3. The number of para-hydroxylation sites is 2. The molecule has 0 spiro atoms. The summed E-state index contributed by atoms with van der Waals surface area (Å²) >= 11 is 0. The Morgan fingerprint density at radius 1 is 0.846 bits per heavy atom. The Balaban J connectivity index is 1.20. The van der Waals surface area contributed by atoms with Crippen molar-refractivity contribution in [3.05, 3.63) is 24.3 Å². The van der Waals surface area contributed by atoms with Crippen molar-refractivity contribution in [2.45, 2.75) is 32.1 Å². The highest BCUT2D eigenvalue weighted by molar-refractivity contribution is 5.58. The average molecular weight is 358 g/mol. The van der Waals surface area contributed by atoms with Crippen molar-refractivity contribution in [3.63, 3.8) is 0 Å². The number of ether oxygens (including phenoxy) is 1. The van der Waals surface area contributed by atoms with E-state index in [0.717, 1.165) is 30.7 Å². The number of benzene rings is 1. The summed E-state index contributed by atoms with van der Waals surface area (Å²) in [5.41, 5.74) is 1.25. The molecule has 1 aliphatic carbocycles. The van der Waals surface area contributed by atoms with E-state index in [9.17, 15) is 0 Å². The lowest BCUT2D eigenvalue weighted by atomic mass is 9.84. The molecule has 1 aromatic rings. The zero-order valence-corrected chi connectivity index (χ0v) is 16.4. The lowest BCUT2D eigenvalue weighted by molar-refractivity contribution is 0.210. The number of rotatable bonds is 6. The van der Waals surface area contributed by atoms with Gasteiger partial charge in [0.25, 0.3) is 0 Å². The van der Waals surface area contributed by atoms with Gasteiger partial charge in [0.15, 0.2) is 0 Å². The van der Waals surface area contributed by atoms with Crippen molar-refractivity contribution < 1.29 is 4.74 Å². The molecule has 4 heteroatoms. The molecule has 4 nitrogen and oxygen atoms in total. The second-order valence-electron chi connectivity index (χ2n) is 8.50. The van der Waals surface area contributed by atoms with Crippen LogP contribution in [-0.2, 0) is 0 Å². The first-order valence-electron chi connectivity index (χ1n) is 10.6. The van der Waals surface area contributed by atoms with Gasteiger partial charge in [-0.3, -0.25) is 4.90 Å². The fourth-order valence-corrected chi connectivity index (χ4v) is 5.21. The van der Waals surface area contributed by atoms with Gasteiger partial charge in [0.2, 0.25) is 0 Å². The van der Waals surface area contributed by atoms with Crippen LogP contribution in [-0.4, -0.2) is 69.3 Å². The first-order valence-corrected chi connectivity index (χ1v) is 10.6. The van der Waals surface area contributed by atoms with Gasteiger partial charge < -0.3 is 14.5 Å². The Kier molecular flexibility index (Phi) is 6.01. The summed E-state index contributed by atoms with van der Waals surface area (Å²) in [6.45, 7) is 9.86. The van der Waals surface area contributed by atoms with E-state index in [1.54, 1.807) is 7.11 Å². The Morgan fingerprint density at radius 2 is 1.46 bits per heavy atom. The molecule has 144 valence electrons. The van der Waals surface area contributed by atoms with Crippen LogP contribution in [0, 0.1) is 11.8 Å². The molecule has 3 aliphatic heterocycles. The number of hydrogen-bond acceptors (Lipinski definition) is 4. The molecule has 0 unspecified atom stereocenters. The van der Waals surface area contributed by atoms with Crippen molar-refractivity contribution in [3.8, 4) is 5.75 Å². The molecule has 3 heterocycles. The van der Waals surface area contributed by atoms with E-state index in [2.05, 4.69) is 32.9 Å². The summed E-state index contributed by atoms with van der Waals surface area (Å²) < 4.78 is 5.53. The largest absolute Gasteiger partial charge is 0.495 e. The summed E-state index contributed by atoms with van der Waals surface area (Å²) in [6.07, 6.45) is 7.30. The van der Waals surface area contributed by atoms with E-state index in [1.165, 1.54) is 77.1 Å². The van der Waals surface area contributed by atoms with E-state index in [1.807, 2.05) is 6.07 Å². The fourth-order valence-electron chi connectivity index (χ4n) is 5.21. The van der Waals surface area contributed by atoms with Gasteiger partial charge in [-0.2, -0.15) is 0 Å². The summed E-state index contributed by atoms with van der Waals surface area (Å²) in [5, 5.41) is 0. The van der Waals surface area contributed by atoms with Crippen LogP contribution >= 0.6 is 0 Å². The first-order chi connectivity index (χ1) is 12.8. The molecule has 0 N–H and O–H groups in total. The molecule has 4 aliphatic rings. The summed E-state index contributed by atoms with van der Waals surface area (Å²) in [4.78, 5) is 7.90. The van der Waals surface area contributed by atoms with Crippen molar-refractivity contribution in [1.82, 2.24) is 9.80 Å². The van der Waals surface area contributed by atoms with Crippen LogP contribution in [0.3, 0.4) is 0 Å². The van der Waals surface area contributed by atoms with E-state index in [0.29, 0.717) is 0 Å². The van der Waals surface area contributed by atoms with Gasteiger partial charge >= 0.3 is 0 Å². The first kappa shape index (κ1) is 18.1. The Labute approximate surface area is 159 Å². The molecule has 26 heavy (non-hydrogen) atoms. The third-order valence-corrected chi connectivity index (χ3v) is 6.75. The van der Waals surface area contributed by atoms with Gasteiger partial charge in [-0.15, -0.1) is 0 Å². The standard InChI is InChI=1S/C22H35N3O/c1-26-22-6-3-2-5-21(22)25-15-13-23(14-16-25)11-4-12-24-17-19-7-8-20(18-24)10-9-19/h2-3,5-6,19-20H,4,7-18H2,1H3. The van der Waals surface area contributed by atoms with Crippen molar-refractivity contribution in [1.29, 1.82) is 0 Å². The maximum Gasteiger partial charge on any atom is 0.142 e. The molecule has 3 saturated heterocycles. The van der Waals surface area contributed by atoms with Crippen LogP contribution in [0.4, 0.5) is 5.69 Å². The molecule has 5 rings (SSSR count). The topological polar surface area (TPSA) is 19.0 Å². The van der Waals surface area contributed by atoms with E-state index >= 15 is 0 Å². The smallest absolute Gasteiger partial charge is 0.142 e. The van der Waals surface area contributed by atoms with Gasteiger partial charge in [0.05, 0.1) is 12.8 Å². The van der Waals surface area contributed by atoms with Crippen LogP contribution < -0.4 is 9.64 Å². The second kappa shape index (κ2) is 8.62. The predicted molar refractivity (Wildman–Crippen MR) is 108 cm³/mol. The van der Waals surface area contributed by atoms with Crippen LogP contribution in [0.1, 0.15) is 32.1 Å². The lowest BCUT2D eigenvalue weighted by Gasteiger charge is -2.37. The number of methoxy groups -OCH3 is 1. The normalized spacial score (nSPS) is 27.5. The third kappa shape index (κ3) is 4.34. The quantitative estimate of drug-likeness (QED) is 0.777. The maximum atomic E-state index is 5.53. The summed E-state index contributed by atoms with van der Waals surface area (Å²) in [7, 11) is 1.77. The number of anilines is 1. The lowest BCUT2D eigenvalue weighted by Crippen LogP contribution is -2.47. The number of hydrogen-bond donors (Lipinski definition) is 0. The Morgan fingerprint density at radius 3 is 2.12 bits per heavy atom. The average Bonchev–Trinajstić information content (AvgIpc) is 3.01. The molecular weight excluding hydrogens is 322 g/mol. The van der Waals surface area contributed by atoms with Gasteiger partial charge in [-0.25, -0.2) is 0 Å². The summed E-state index contributed by atoms with van der Waals surface area (Å²) in [6, 6.07) is 8.41. The van der Waals surface area contributed by atoms with Crippen LogP contribution in [0.5, 0.6) is 5.75 Å². The zero-order chi connectivity index (χ0) is 17.8. The minimum Gasteiger partial charge on any atom is -0.495 e. The molecule has 1 aromatic carbocycles. The number of fused-ring (bicyclic) bond motifs is 4. The molecule has 4 fully saturated rings. The summed E-state index contributed by atoms with van der Waals surface area (Å²) in [5.74, 6) is 2.99. The zero-order valence-electron chi connectivity index (χ0n) is 16.4. The third-order valence-electron chi connectivity index (χ3n) is 6.75. The molecule has 1 saturated carbocycles. The SMILES string of the molecule is COc1ccccc1N1CCN(CCCN2CC3CCC(CC3)C2)CC1. The highest BCUT2D eigenvalue weighted by atomic mass is 16.5. The van der Waals surface area contributed by atoms with Crippen LogP contribution in [0.25, 0.3) is 0 Å². The van der Waals surface area contributed by atoms with E-state index in [-0.39, 0.29) is 0 Å². The highest BCUT2D eigenvalue weighted by Crippen LogP contribution is 2.33. The second-order valence-corrected chi connectivity index (χ2v) is 8.50. The van der Waals surface area contributed by atoms with E-state index < -0.39 is 0 Å². The Hall–Kier alpha value is -1.26. The maximum absolute atomic E-state index is 5.53. The van der Waals surface area contributed by atoms with Gasteiger partial charge in [0, 0.05) is 39.3 Å². The van der Waals surface area contributed by atoms with Crippen molar-refractivity contribution in [2.24, 2.45) is 11.8 Å². The van der Waals surface area contributed by atoms with Gasteiger partial charge in [-0.1, -0.05) is 12.1 Å². The molecule has 0 radical (unpaired) electrons. The van der Waals surface area contributed by atoms with Crippen molar-refractivity contribution >= 4 is 5.69 Å². The van der Waals surface area contributed by atoms with Gasteiger partial charge in [0.1, 0.15) is 5.75 Å². The fraction of sp³-hybridized carbons (Fsp3) is 0.727.